The quantitative estimate of drug-likeness (QED) is 0.833. The highest BCUT2D eigenvalue weighted by Gasteiger charge is 2.38. The molecule has 3 heteroatoms. The Morgan fingerprint density at radius 1 is 1.24 bits per heavy atom. The predicted molar refractivity (Wildman–Crippen MR) is 89.1 cm³/mol. The summed E-state index contributed by atoms with van der Waals surface area (Å²) < 4.78 is 5.65. The van der Waals surface area contributed by atoms with E-state index in [1.807, 2.05) is 0 Å². The van der Waals surface area contributed by atoms with Gasteiger partial charge in [0.15, 0.2) is 0 Å². The van der Waals surface area contributed by atoms with Gasteiger partial charge in [-0.25, -0.2) is 0 Å². The van der Waals surface area contributed by atoms with Crippen molar-refractivity contribution in [3.63, 3.8) is 0 Å². The molecule has 2 rings (SSSR count). The molecule has 21 heavy (non-hydrogen) atoms. The van der Waals surface area contributed by atoms with E-state index in [-0.39, 0.29) is 5.54 Å². The number of nitrogens with one attached hydrogen (secondary N) is 1. The molecule has 0 amide bonds. The molecule has 0 radical (unpaired) electrons. The number of nitrogens with zero attached hydrogens (tertiary/aromatic N) is 1. The summed E-state index contributed by atoms with van der Waals surface area (Å²) in [7, 11) is 4.40. The molecule has 118 valence electrons. The summed E-state index contributed by atoms with van der Waals surface area (Å²) >= 11 is 0. The molecule has 1 aliphatic rings. The number of hydrogen-bond acceptors (Lipinski definition) is 3. The molecule has 1 unspecified atom stereocenters. The highest BCUT2D eigenvalue weighted by molar-refractivity contribution is 5.41. The molecule has 1 N–H and O–H groups in total. The lowest BCUT2D eigenvalue weighted by Crippen LogP contribution is -2.53. The van der Waals surface area contributed by atoms with Crippen LogP contribution in [0.1, 0.15) is 50.8 Å². The van der Waals surface area contributed by atoms with E-state index in [4.69, 9.17) is 4.74 Å². The van der Waals surface area contributed by atoms with Crippen molar-refractivity contribution in [1.29, 1.82) is 0 Å². The van der Waals surface area contributed by atoms with Crippen molar-refractivity contribution in [2.24, 2.45) is 0 Å². The van der Waals surface area contributed by atoms with E-state index in [0.29, 0.717) is 6.04 Å². The van der Waals surface area contributed by atoms with E-state index in [1.165, 1.54) is 11.1 Å². The van der Waals surface area contributed by atoms with Crippen LogP contribution in [-0.4, -0.2) is 37.7 Å². The monoisotopic (exact) mass is 290 g/mol. The van der Waals surface area contributed by atoms with Crippen molar-refractivity contribution in [3.05, 3.63) is 29.3 Å². The minimum Gasteiger partial charge on any atom is -0.493 e. The van der Waals surface area contributed by atoms with Crippen LogP contribution < -0.4 is 10.1 Å². The number of hydrogen-bond donors (Lipinski definition) is 1. The molecule has 1 aromatic rings. The first-order valence-electron chi connectivity index (χ1n) is 8.25. The topological polar surface area (TPSA) is 24.5 Å². The van der Waals surface area contributed by atoms with Crippen LogP contribution in [0.25, 0.3) is 0 Å². The van der Waals surface area contributed by atoms with Crippen LogP contribution in [0.15, 0.2) is 18.2 Å². The molecule has 0 aliphatic carbocycles. The molecule has 0 aromatic heterocycles. The minimum atomic E-state index is 0.143. The molecular weight excluding hydrogens is 260 g/mol. The fourth-order valence-corrected chi connectivity index (χ4v) is 3.76. The Morgan fingerprint density at radius 3 is 2.52 bits per heavy atom. The average molecular weight is 290 g/mol. The zero-order valence-electron chi connectivity index (χ0n) is 14.2. The maximum atomic E-state index is 5.65. The van der Waals surface area contributed by atoms with Crippen molar-refractivity contribution in [3.8, 4) is 5.75 Å². The normalized spacial score (nSPS) is 15.9. The van der Waals surface area contributed by atoms with E-state index >= 15 is 0 Å². The minimum absolute atomic E-state index is 0.143. The van der Waals surface area contributed by atoms with Crippen LogP contribution in [-0.2, 0) is 6.42 Å². The Labute approximate surface area is 129 Å². The van der Waals surface area contributed by atoms with E-state index in [9.17, 15) is 0 Å². The van der Waals surface area contributed by atoms with Gasteiger partial charge in [-0.1, -0.05) is 32.9 Å². The molecule has 1 aliphatic heterocycles. The van der Waals surface area contributed by atoms with Gasteiger partial charge in [0.25, 0.3) is 0 Å². The molecule has 0 saturated heterocycles. The lowest BCUT2D eigenvalue weighted by atomic mass is 9.79. The zero-order valence-corrected chi connectivity index (χ0v) is 14.2. The molecule has 1 aromatic carbocycles. The van der Waals surface area contributed by atoms with E-state index in [0.717, 1.165) is 38.2 Å². The Morgan fingerprint density at radius 2 is 1.95 bits per heavy atom. The third-order valence-corrected chi connectivity index (χ3v) is 5.11. The lowest BCUT2D eigenvalue weighted by Gasteiger charge is -2.46. The van der Waals surface area contributed by atoms with Gasteiger partial charge in [0.1, 0.15) is 5.75 Å². The first-order valence-corrected chi connectivity index (χ1v) is 8.25. The van der Waals surface area contributed by atoms with Crippen LogP contribution in [0.3, 0.4) is 0 Å². The van der Waals surface area contributed by atoms with Crippen molar-refractivity contribution >= 4 is 0 Å². The van der Waals surface area contributed by atoms with Crippen molar-refractivity contribution in [1.82, 2.24) is 10.2 Å². The number of likely N-dealkylation sites (N-methyl/N-ethyl adjacent to an activating group) is 2. The number of rotatable bonds is 7. The van der Waals surface area contributed by atoms with Gasteiger partial charge in [0.2, 0.25) is 0 Å². The zero-order chi connectivity index (χ0) is 15.5. The average Bonchev–Trinajstić information content (AvgIpc) is 2.95. The second kappa shape index (κ2) is 6.80. The van der Waals surface area contributed by atoms with Crippen LogP contribution in [0.5, 0.6) is 5.75 Å². The molecule has 0 bridgehead atoms. The summed E-state index contributed by atoms with van der Waals surface area (Å²) in [5.74, 6) is 1.07. The second-order valence-electron chi connectivity index (χ2n) is 6.16. The molecule has 1 atom stereocenters. The summed E-state index contributed by atoms with van der Waals surface area (Å²) in [4.78, 5) is 2.39. The first kappa shape index (κ1) is 16.3. The number of fused-ring (bicyclic) bond motifs is 1. The summed E-state index contributed by atoms with van der Waals surface area (Å²) in [6.07, 6.45) is 3.29. The van der Waals surface area contributed by atoms with Crippen LogP contribution in [0.2, 0.25) is 0 Å². The second-order valence-corrected chi connectivity index (χ2v) is 6.16. The van der Waals surface area contributed by atoms with Crippen molar-refractivity contribution in [2.75, 3.05) is 27.2 Å². The lowest BCUT2D eigenvalue weighted by molar-refractivity contribution is 0.0888. The maximum Gasteiger partial charge on any atom is 0.122 e. The van der Waals surface area contributed by atoms with E-state index < -0.39 is 0 Å². The van der Waals surface area contributed by atoms with Crippen LogP contribution >= 0.6 is 0 Å². The van der Waals surface area contributed by atoms with Crippen LogP contribution in [0, 0.1) is 0 Å². The highest BCUT2D eigenvalue weighted by Crippen LogP contribution is 2.38. The van der Waals surface area contributed by atoms with Gasteiger partial charge in [-0.3, -0.25) is 0 Å². The van der Waals surface area contributed by atoms with Gasteiger partial charge >= 0.3 is 0 Å². The molecule has 0 saturated carbocycles. The first-order chi connectivity index (χ1) is 10.1. The maximum absolute atomic E-state index is 5.65. The highest BCUT2D eigenvalue weighted by atomic mass is 16.5. The summed E-state index contributed by atoms with van der Waals surface area (Å²) in [5, 5.41) is 3.73. The molecule has 1 heterocycles. The number of benzene rings is 1. The molecular formula is C18H30N2O. The predicted octanol–water partition coefficient (Wildman–Crippen LogP) is 3.39. The van der Waals surface area contributed by atoms with Gasteiger partial charge in [0, 0.05) is 12.0 Å². The fourth-order valence-electron chi connectivity index (χ4n) is 3.76. The number of ether oxygens (including phenoxy) is 1. The summed E-state index contributed by atoms with van der Waals surface area (Å²) in [6.45, 7) is 8.59. The van der Waals surface area contributed by atoms with Gasteiger partial charge in [-0.2, -0.15) is 0 Å². The SMILES string of the molecule is CCNC(c1ccc2c(c1)CCO2)C(CC)(CC)N(C)C. The Bertz CT molecular complexity index is 466. The molecule has 0 spiro atoms. The van der Waals surface area contributed by atoms with Gasteiger partial charge in [-0.05, 0) is 50.7 Å². The smallest absolute Gasteiger partial charge is 0.122 e. The molecule has 0 fully saturated rings. The standard InChI is InChI=1S/C18H30N2O/c1-6-18(7-2,20(4)5)17(19-8-3)15-9-10-16-14(13-15)11-12-21-16/h9-10,13,17,19H,6-8,11-12H2,1-5H3. The van der Waals surface area contributed by atoms with Crippen LogP contribution in [0.4, 0.5) is 0 Å². The van der Waals surface area contributed by atoms with E-state index in [2.05, 4.69) is 63.3 Å². The Balaban J connectivity index is 2.42. The Hall–Kier alpha value is -1.06. The van der Waals surface area contributed by atoms with Gasteiger partial charge < -0.3 is 15.0 Å². The largest absolute Gasteiger partial charge is 0.493 e. The van der Waals surface area contributed by atoms with Crippen molar-refractivity contribution < 1.29 is 4.74 Å². The summed E-state index contributed by atoms with van der Waals surface area (Å²) in [5.41, 5.74) is 2.89. The van der Waals surface area contributed by atoms with Gasteiger partial charge in [-0.15, -0.1) is 0 Å². The fraction of sp³-hybridized carbons (Fsp3) is 0.667. The van der Waals surface area contributed by atoms with Gasteiger partial charge in [0.05, 0.1) is 12.6 Å². The third-order valence-electron chi connectivity index (χ3n) is 5.11. The summed E-state index contributed by atoms with van der Waals surface area (Å²) in [6, 6.07) is 7.08. The molecule has 3 nitrogen and oxygen atoms in total. The Kier molecular flexibility index (Phi) is 5.28. The third kappa shape index (κ3) is 2.95. The van der Waals surface area contributed by atoms with Crippen molar-refractivity contribution in [2.45, 2.75) is 51.6 Å². The van der Waals surface area contributed by atoms with E-state index in [1.54, 1.807) is 0 Å².